The van der Waals surface area contributed by atoms with Crippen molar-refractivity contribution < 1.29 is 0 Å². The third kappa shape index (κ3) is 2.20. The molecule has 1 rings (SSSR count). The Morgan fingerprint density at radius 2 is 2.36 bits per heavy atom. The summed E-state index contributed by atoms with van der Waals surface area (Å²) in [6.45, 7) is 2.41. The van der Waals surface area contributed by atoms with Gasteiger partial charge in [-0.05, 0) is 26.3 Å². The summed E-state index contributed by atoms with van der Waals surface area (Å²) in [4.78, 5) is 6.64. The van der Waals surface area contributed by atoms with Gasteiger partial charge in [-0.15, -0.1) is 11.8 Å². The first-order valence-corrected chi connectivity index (χ1v) is 5.19. The molecule has 1 saturated heterocycles. The van der Waals surface area contributed by atoms with Crippen molar-refractivity contribution in [2.24, 2.45) is 10.9 Å². The number of rotatable bonds is 1. The Morgan fingerprint density at radius 3 is 2.73 bits per heavy atom. The summed E-state index contributed by atoms with van der Waals surface area (Å²) in [6, 6.07) is 0. The van der Waals surface area contributed by atoms with Gasteiger partial charge in [0.15, 0.2) is 0 Å². The predicted octanol–water partition coefficient (Wildman–Crippen LogP) is 1.33. The summed E-state index contributed by atoms with van der Waals surface area (Å²) < 4.78 is 0. The van der Waals surface area contributed by atoms with E-state index < -0.39 is 0 Å². The van der Waals surface area contributed by atoms with Gasteiger partial charge in [0.05, 0.1) is 5.04 Å². The van der Waals surface area contributed by atoms with Crippen molar-refractivity contribution in [3.05, 3.63) is 0 Å². The van der Waals surface area contributed by atoms with Crippen LogP contribution >= 0.6 is 11.8 Å². The van der Waals surface area contributed by atoms with Crippen LogP contribution in [0.2, 0.25) is 0 Å². The third-order valence-electron chi connectivity index (χ3n) is 2.17. The lowest BCUT2D eigenvalue weighted by atomic mass is 10.1. The van der Waals surface area contributed by atoms with Gasteiger partial charge < -0.3 is 4.90 Å². The molecular weight excluding hydrogens is 156 g/mol. The summed E-state index contributed by atoms with van der Waals surface area (Å²) in [7, 11) is 4.07. The maximum atomic E-state index is 4.28. The Morgan fingerprint density at radius 1 is 1.64 bits per heavy atom. The lowest BCUT2D eigenvalue weighted by Crippen LogP contribution is -2.17. The molecule has 3 heteroatoms. The van der Waals surface area contributed by atoms with Gasteiger partial charge in [0, 0.05) is 19.5 Å². The zero-order valence-electron chi connectivity index (χ0n) is 7.50. The fourth-order valence-electron chi connectivity index (χ4n) is 1.58. The molecule has 0 amide bonds. The SMILES string of the molecule is CN=C(SC)C1CCN(C)C1. The Hall–Kier alpha value is -0.0200. The van der Waals surface area contributed by atoms with Crippen LogP contribution in [0.1, 0.15) is 6.42 Å². The van der Waals surface area contributed by atoms with E-state index in [9.17, 15) is 0 Å². The number of nitrogens with zero attached hydrogens (tertiary/aromatic N) is 2. The Balaban J connectivity index is 2.48. The van der Waals surface area contributed by atoms with Gasteiger partial charge in [0.1, 0.15) is 0 Å². The Labute approximate surface area is 73.1 Å². The molecule has 1 fully saturated rings. The number of hydrogen-bond acceptors (Lipinski definition) is 3. The fourth-order valence-corrected chi connectivity index (χ4v) is 2.29. The zero-order chi connectivity index (χ0) is 8.27. The second kappa shape index (κ2) is 4.12. The lowest BCUT2D eigenvalue weighted by molar-refractivity contribution is 0.411. The summed E-state index contributed by atoms with van der Waals surface area (Å²) in [5, 5.41) is 1.31. The molecule has 0 N–H and O–H groups in total. The zero-order valence-corrected chi connectivity index (χ0v) is 8.32. The Kier molecular flexibility index (Phi) is 3.40. The molecule has 1 heterocycles. The molecule has 64 valence electrons. The molecule has 0 aromatic rings. The van der Waals surface area contributed by atoms with Crippen molar-refractivity contribution >= 4 is 16.8 Å². The number of thioether (sulfide) groups is 1. The van der Waals surface area contributed by atoms with Crippen molar-refractivity contribution in [3.8, 4) is 0 Å². The first kappa shape index (κ1) is 9.07. The summed E-state index contributed by atoms with van der Waals surface area (Å²) in [5.74, 6) is 0.708. The highest BCUT2D eigenvalue weighted by Gasteiger charge is 2.23. The average Bonchev–Trinajstić information content (AvgIpc) is 2.39. The van der Waals surface area contributed by atoms with Crippen molar-refractivity contribution in [1.82, 2.24) is 4.90 Å². The van der Waals surface area contributed by atoms with Crippen LogP contribution in [0, 0.1) is 5.92 Å². The molecular formula is C8H16N2S. The molecule has 0 aliphatic carbocycles. The van der Waals surface area contributed by atoms with Crippen molar-refractivity contribution in [1.29, 1.82) is 0 Å². The van der Waals surface area contributed by atoms with Gasteiger partial charge in [0.25, 0.3) is 0 Å². The van der Waals surface area contributed by atoms with Gasteiger partial charge in [0.2, 0.25) is 0 Å². The molecule has 0 spiro atoms. The van der Waals surface area contributed by atoms with Crippen molar-refractivity contribution in [3.63, 3.8) is 0 Å². The normalized spacial score (nSPS) is 27.9. The third-order valence-corrected chi connectivity index (χ3v) is 3.10. The lowest BCUT2D eigenvalue weighted by Gasteiger charge is -2.10. The van der Waals surface area contributed by atoms with Crippen molar-refractivity contribution in [2.75, 3.05) is 33.4 Å². The fraction of sp³-hybridized carbons (Fsp3) is 0.875. The van der Waals surface area contributed by atoms with Gasteiger partial charge >= 0.3 is 0 Å². The van der Waals surface area contributed by atoms with Gasteiger partial charge in [-0.3, -0.25) is 4.99 Å². The standard InChI is InChI=1S/C8H16N2S/c1-9-8(11-3)7-4-5-10(2)6-7/h7H,4-6H2,1-3H3. The molecule has 1 aliphatic heterocycles. The maximum Gasteiger partial charge on any atom is 0.0714 e. The van der Waals surface area contributed by atoms with E-state index in [4.69, 9.17) is 0 Å². The smallest absolute Gasteiger partial charge is 0.0714 e. The van der Waals surface area contributed by atoms with E-state index in [0.29, 0.717) is 5.92 Å². The van der Waals surface area contributed by atoms with Gasteiger partial charge in [-0.1, -0.05) is 0 Å². The number of aliphatic imine (C=N–C) groups is 1. The van der Waals surface area contributed by atoms with Gasteiger partial charge in [-0.2, -0.15) is 0 Å². The second-order valence-corrected chi connectivity index (χ2v) is 3.84. The highest BCUT2D eigenvalue weighted by molar-refractivity contribution is 8.13. The molecule has 1 aliphatic rings. The summed E-state index contributed by atoms with van der Waals surface area (Å²) >= 11 is 1.79. The van der Waals surface area contributed by atoms with E-state index >= 15 is 0 Å². The van der Waals surface area contributed by atoms with Crippen LogP contribution in [0.3, 0.4) is 0 Å². The van der Waals surface area contributed by atoms with Crippen LogP contribution in [0.4, 0.5) is 0 Å². The van der Waals surface area contributed by atoms with Gasteiger partial charge in [-0.25, -0.2) is 0 Å². The highest BCUT2D eigenvalue weighted by Crippen LogP contribution is 2.20. The minimum Gasteiger partial charge on any atom is -0.306 e. The molecule has 11 heavy (non-hydrogen) atoms. The summed E-state index contributed by atoms with van der Waals surface area (Å²) in [6.07, 6.45) is 3.39. The largest absolute Gasteiger partial charge is 0.306 e. The minimum absolute atomic E-state index is 0.708. The second-order valence-electron chi connectivity index (χ2n) is 3.01. The van der Waals surface area contributed by atoms with E-state index in [0.717, 1.165) is 0 Å². The van der Waals surface area contributed by atoms with E-state index in [1.165, 1.54) is 24.6 Å². The monoisotopic (exact) mass is 172 g/mol. The predicted molar refractivity (Wildman–Crippen MR) is 52.5 cm³/mol. The van der Waals surface area contributed by atoms with E-state index in [2.05, 4.69) is 23.2 Å². The molecule has 0 saturated carbocycles. The first-order chi connectivity index (χ1) is 5.27. The molecule has 1 unspecified atom stereocenters. The van der Waals surface area contributed by atoms with Crippen LogP contribution in [-0.4, -0.2) is 43.4 Å². The van der Waals surface area contributed by atoms with Crippen LogP contribution in [0.25, 0.3) is 0 Å². The van der Waals surface area contributed by atoms with E-state index in [1.54, 1.807) is 11.8 Å². The van der Waals surface area contributed by atoms with E-state index in [1.807, 2.05) is 7.05 Å². The van der Waals surface area contributed by atoms with Crippen LogP contribution in [0.15, 0.2) is 4.99 Å². The number of hydrogen-bond donors (Lipinski definition) is 0. The average molecular weight is 172 g/mol. The maximum absolute atomic E-state index is 4.28. The van der Waals surface area contributed by atoms with E-state index in [-0.39, 0.29) is 0 Å². The van der Waals surface area contributed by atoms with Crippen molar-refractivity contribution in [2.45, 2.75) is 6.42 Å². The quantitative estimate of drug-likeness (QED) is 0.438. The Bertz CT molecular complexity index is 156. The van der Waals surface area contributed by atoms with Crippen LogP contribution in [0.5, 0.6) is 0 Å². The topological polar surface area (TPSA) is 15.6 Å². The van der Waals surface area contributed by atoms with Crippen LogP contribution in [-0.2, 0) is 0 Å². The van der Waals surface area contributed by atoms with Crippen LogP contribution < -0.4 is 0 Å². The molecule has 1 atom stereocenters. The molecule has 0 bridgehead atoms. The molecule has 0 aromatic heterocycles. The minimum atomic E-state index is 0.708. The number of likely N-dealkylation sites (tertiary alicyclic amines) is 1. The summed E-state index contributed by atoms with van der Waals surface area (Å²) in [5.41, 5.74) is 0. The molecule has 0 aromatic carbocycles. The first-order valence-electron chi connectivity index (χ1n) is 3.97. The highest BCUT2D eigenvalue weighted by atomic mass is 32.2. The molecule has 2 nitrogen and oxygen atoms in total. The molecule has 0 radical (unpaired) electrons.